The van der Waals surface area contributed by atoms with Crippen LogP contribution in [0.2, 0.25) is 0 Å². The summed E-state index contributed by atoms with van der Waals surface area (Å²) in [6.45, 7) is 3.94. The molecule has 0 aliphatic heterocycles. The third-order valence-corrected chi connectivity index (χ3v) is 5.95. The van der Waals surface area contributed by atoms with Crippen LogP contribution in [0.15, 0.2) is 53.4 Å². The van der Waals surface area contributed by atoms with E-state index >= 15 is 0 Å². The lowest BCUT2D eigenvalue weighted by Gasteiger charge is -2.13. The summed E-state index contributed by atoms with van der Waals surface area (Å²) in [5.41, 5.74) is 3.05. The summed E-state index contributed by atoms with van der Waals surface area (Å²) in [7, 11) is 0.561. The molecule has 0 aliphatic carbocycles. The molecule has 3 rings (SSSR count). The van der Waals surface area contributed by atoms with Gasteiger partial charge in [0.05, 0.1) is 15.9 Å². The topological polar surface area (TPSA) is 67.2 Å². The lowest BCUT2D eigenvalue weighted by atomic mass is 10.2. The summed E-state index contributed by atoms with van der Waals surface area (Å²) < 4.78 is 29.8. The van der Waals surface area contributed by atoms with Crippen LogP contribution in [0.1, 0.15) is 11.4 Å². The van der Waals surface area contributed by atoms with Gasteiger partial charge >= 0.3 is 0 Å². The number of nitrogens with one attached hydrogen (secondary N) is 1. The zero-order valence-corrected chi connectivity index (χ0v) is 16.8. The number of imidazole rings is 1. The number of sulfonamides is 1. The first-order valence-corrected chi connectivity index (χ1v) is 10.5. The summed E-state index contributed by atoms with van der Waals surface area (Å²) in [6, 6.07) is 14.9. The Labute approximate surface area is 160 Å². The molecule has 1 heterocycles. The third kappa shape index (κ3) is 4.74. The number of aromatic nitrogens is 2. The highest BCUT2D eigenvalue weighted by atomic mass is 32.2. The molecule has 0 spiro atoms. The first-order chi connectivity index (χ1) is 12.9. The Kier molecular flexibility index (Phi) is 5.94. The molecule has 6 nitrogen and oxygen atoms in total. The number of hydrogen-bond donors (Lipinski definition) is 1. The molecule has 0 unspecified atom stereocenters. The van der Waals surface area contributed by atoms with E-state index in [1.165, 1.54) is 0 Å². The lowest BCUT2D eigenvalue weighted by molar-refractivity contribution is 0.383. The molecule has 0 fully saturated rings. The van der Waals surface area contributed by atoms with E-state index < -0.39 is 10.0 Å². The highest BCUT2D eigenvalue weighted by Gasteiger charge is 2.15. The average Bonchev–Trinajstić information content (AvgIpc) is 2.97. The van der Waals surface area contributed by atoms with Gasteiger partial charge in [-0.3, -0.25) is 0 Å². The molecule has 27 heavy (non-hydrogen) atoms. The Morgan fingerprint density at radius 2 is 1.78 bits per heavy atom. The smallest absolute Gasteiger partial charge is 0.240 e. The van der Waals surface area contributed by atoms with Gasteiger partial charge in [-0.2, -0.15) is 0 Å². The molecule has 0 saturated carbocycles. The minimum absolute atomic E-state index is 0.286. The minimum atomic E-state index is -3.51. The molecule has 2 aromatic carbocycles. The molecule has 0 aliphatic rings. The highest BCUT2D eigenvalue weighted by Crippen LogP contribution is 2.17. The van der Waals surface area contributed by atoms with E-state index in [-0.39, 0.29) is 4.90 Å². The van der Waals surface area contributed by atoms with Gasteiger partial charge in [0.2, 0.25) is 10.0 Å². The predicted molar refractivity (Wildman–Crippen MR) is 108 cm³/mol. The standard InChI is InChI=1S/C20H26N4O2S/c1-16-8-10-17(11-9-16)27(25,26)21-13-12-20-22-18-6-4-5-7-19(18)24(20)15-14-23(2)3/h4-11,21H,12-15H2,1-3H3. The lowest BCUT2D eigenvalue weighted by Crippen LogP contribution is -2.27. The van der Waals surface area contributed by atoms with Gasteiger partial charge in [0.15, 0.2) is 0 Å². The summed E-state index contributed by atoms with van der Waals surface area (Å²) in [5.74, 6) is 0.893. The molecular formula is C20H26N4O2S. The van der Waals surface area contributed by atoms with Gasteiger partial charge in [-0.15, -0.1) is 0 Å². The number of aryl methyl sites for hydroxylation is 1. The fraction of sp³-hybridized carbons (Fsp3) is 0.350. The normalized spacial score (nSPS) is 12.1. The van der Waals surface area contributed by atoms with Gasteiger partial charge in [-0.05, 0) is 45.3 Å². The number of benzene rings is 2. The molecule has 1 aromatic heterocycles. The zero-order valence-electron chi connectivity index (χ0n) is 16.0. The Morgan fingerprint density at radius 3 is 2.48 bits per heavy atom. The summed E-state index contributed by atoms with van der Waals surface area (Å²) in [5, 5.41) is 0. The number of para-hydroxylation sites is 2. The number of hydrogen-bond acceptors (Lipinski definition) is 4. The van der Waals surface area contributed by atoms with Crippen molar-refractivity contribution in [3.63, 3.8) is 0 Å². The van der Waals surface area contributed by atoms with Crippen molar-refractivity contribution in [2.24, 2.45) is 0 Å². The largest absolute Gasteiger partial charge is 0.327 e. The van der Waals surface area contributed by atoms with E-state index in [2.05, 4.69) is 20.3 Å². The van der Waals surface area contributed by atoms with Crippen molar-refractivity contribution in [1.82, 2.24) is 19.2 Å². The Balaban J connectivity index is 1.74. The Hall–Kier alpha value is -2.22. The van der Waals surface area contributed by atoms with E-state index in [1.54, 1.807) is 24.3 Å². The molecule has 0 radical (unpaired) electrons. The van der Waals surface area contributed by atoms with Crippen molar-refractivity contribution < 1.29 is 8.42 Å². The van der Waals surface area contributed by atoms with E-state index in [0.717, 1.165) is 35.5 Å². The van der Waals surface area contributed by atoms with E-state index in [0.29, 0.717) is 13.0 Å². The van der Waals surface area contributed by atoms with Gasteiger partial charge in [-0.1, -0.05) is 29.8 Å². The average molecular weight is 387 g/mol. The first-order valence-electron chi connectivity index (χ1n) is 9.02. The molecule has 0 amide bonds. The van der Waals surface area contributed by atoms with Gasteiger partial charge in [-0.25, -0.2) is 18.1 Å². The maximum absolute atomic E-state index is 12.5. The van der Waals surface area contributed by atoms with Crippen molar-refractivity contribution >= 4 is 21.1 Å². The van der Waals surface area contributed by atoms with Crippen LogP contribution in [0.3, 0.4) is 0 Å². The number of nitrogens with zero attached hydrogens (tertiary/aromatic N) is 3. The second-order valence-electron chi connectivity index (χ2n) is 6.93. The fourth-order valence-corrected chi connectivity index (χ4v) is 4.00. The minimum Gasteiger partial charge on any atom is -0.327 e. The van der Waals surface area contributed by atoms with E-state index in [9.17, 15) is 8.42 Å². The summed E-state index contributed by atoms with van der Waals surface area (Å²) in [6.07, 6.45) is 0.535. The van der Waals surface area contributed by atoms with Crippen molar-refractivity contribution in [2.45, 2.75) is 24.8 Å². The molecule has 1 N–H and O–H groups in total. The van der Waals surface area contributed by atoms with Crippen LogP contribution in [0.4, 0.5) is 0 Å². The molecule has 3 aromatic rings. The Bertz CT molecular complexity index is 1010. The molecule has 144 valence electrons. The van der Waals surface area contributed by atoms with Gasteiger partial charge in [0, 0.05) is 26.1 Å². The monoisotopic (exact) mass is 386 g/mol. The van der Waals surface area contributed by atoms with Crippen LogP contribution in [0, 0.1) is 6.92 Å². The molecule has 7 heteroatoms. The molecule has 0 saturated heterocycles. The van der Waals surface area contributed by atoms with Crippen LogP contribution in [0.25, 0.3) is 11.0 Å². The van der Waals surface area contributed by atoms with Crippen molar-refractivity contribution in [2.75, 3.05) is 27.2 Å². The van der Waals surface area contributed by atoms with Crippen molar-refractivity contribution in [1.29, 1.82) is 0 Å². The first kappa shape index (κ1) is 19.5. The maximum Gasteiger partial charge on any atom is 0.240 e. The highest BCUT2D eigenvalue weighted by molar-refractivity contribution is 7.89. The van der Waals surface area contributed by atoms with Crippen LogP contribution < -0.4 is 4.72 Å². The molecule has 0 bridgehead atoms. The predicted octanol–water partition coefficient (Wildman–Crippen LogP) is 2.43. The summed E-state index contributed by atoms with van der Waals surface area (Å²) >= 11 is 0. The maximum atomic E-state index is 12.5. The quantitative estimate of drug-likeness (QED) is 0.646. The Morgan fingerprint density at radius 1 is 1.07 bits per heavy atom. The number of fused-ring (bicyclic) bond motifs is 1. The second-order valence-corrected chi connectivity index (χ2v) is 8.70. The van der Waals surface area contributed by atoms with Crippen molar-refractivity contribution in [3.05, 3.63) is 59.9 Å². The third-order valence-electron chi connectivity index (χ3n) is 4.48. The number of likely N-dealkylation sites (N-methyl/N-ethyl adjacent to an activating group) is 1. The van der Waals surface area contributed by atoms with Gasteiger partial charge in [0.25, 0.3) is 0 Å². The van der Waals surface area contributed by atoms with Gasteiger partial charge in [0.1, 0.15) is 5.82 Å². The van der Waals surface area contributed by atoms with Crippen LogP contribution in [-0.4, -0.2) is 50.1 Å². The van der Waals surface area contributed by atoms with E-state index in [4.69, 9.17) is 4.98 Å². The van der Waals surface area contributed by atoms with Crippen LogP contribution >= 0.6 is 0 Å². The fourth-order valence-electron chi connectivity index (χ4n) is 2.96. The second kappa shape index (κ2) is 8.21. The molecule has 0 atom stereocenters. The molecular weight excluding hydrogens is 360 g/mol. The zero-order chi connectivity index (χ0) is 19.4. The van der Waals surface area contributed by atoms with Gasteiger partial charge < -0.3 is 9.47 Å². The van der Waals surface area contributed by atoms with E-state index in [1.807, 2.05) is 39.2 Å². The number of rotatable bonds is 8. The summed E-state index contributed by atoms with van der Waals surface area (Å²) in [4.78, 5) is 7.11. The van der Waals surface area contributed by atoms with Crippen LogP contribution in [-0.2, 0) is 23.0 Å². The van der Waals surface area contributed by atoms with Crippen molar-refractivity contribution in [3.8, 4) is 0 Å². The van der Waals surface area contributed by atoms with Crippen LogP contribution in [0.5, 0.6) is 0 Å². The SMILES string of the molecule is Cc1ccc(S(=O)(=O)NCCc2nc3ccccc3n2CCN(C)C)cc1.